The summed E-state index contributed by atoms with van der Waals surface area (Å²) in [5.41, 5.74) is 0.134. The van der Waals surface area contributed by atoms with Crippen molar-refractivity contribution in [1.29, 1.82) is 0 Å². The third-order valence-corrected chi connectivity index (χ3v) is 6.96. The molecule has 0 bridgehead atoms. The second-order valence-corrected chi connectivity index (χ2v) is 9.01. The van der Waals surface area contributed by atoms with Crippen LogP contribution in [0.15, 0.2) is 71.6 Å². The molecule has 0 aromatic heterocycles. The Morgan fingerprint density at radius 2 is 1.82 bits per heavy atom. The number of carbonyl (C=O) groups excluding carboxylic acids is 1. The van der Waals surface area contributed by atoms with Crippen LogP contribution in [0.2, 0.25) is 5.02 Å². The van der Waals surface area contributed by atoms with Gasteiger partial charge in [0.05, 0.1) is 28.3 Å². The van der Waals surface area contributed by atoms with E-state index >= 15 is 0 Å². The second-order valence-electron chi connectivity index (χ2n) is 6.74. The number of nitrogens with zero attached hydrogens (tertiary/aromatic N) is 2. The fraction of sp³-hybridized carbons (Fsp3) is 0.136. The molecule has 0 aliphatic rings. The van der Waals surface area contributed by atoms with Crippen molar-refractivity contribution in [3.05, 3.63) is 87.4 Å². The first-order valence-electron chi connectivity index (χ1n) is 9.70. The molecule has 0 aliphatic heterocycles. The standard InChI is InChI=1S/C22H20ClN3O6S/c1-3-25(16-7-5-4-6-8-16)33(30,31)17-10-12-21(32-2)19(14-17)24-22(27)15-9-11-18(23)20(13-15)26(28)29/h4-14H,3H2,1-2H3,(H,24,27). The van der Waals surface area contributed by atoms with Gasteiger partial charge in [0.1, 0.15) is 10.8 Å². The number of nitrogens with one attached hydrogen (secondary N) is 1. The molecule has 9 nitrogen and oxygen atoms in total. The zero-order chi connectivity index (χ0) is 24.2. The highest BCUT2D eigenvalue weighted by molar-refractivity contribution is 7.92. The Balaban J connectivity index is 1.98. The summed E-state index contributed by atoms with van der Waals surface area (Å²) in [5.74, 6) is -0.480. The summed E-state index contributed by atoms with van der Waals surface area (Å²) in [5, 5.41) is 13.6. The zero-order valence-corrected chi connectivity index (χ0v) is 19.3. The Hall–Kier alpha value is -3.63. The van der Waals surface area contributed by atoms with Crippen LogP contribution in [0.1, 0.15) is 17.3 Å². The van der Waals surface area contributed by atoms with Gasteiger partial charge in [-0.1, -0.05) is 29.8 Å². The third kappa shape index (κ3) is 5.07. The van der Waals surface area contributed by atoms with Crippen LogP contribution in [-0.2, 0) is 10.0 Å². The lowest BCUT2D eigenvalue weighted by atomic mass is 10.2. The van der Waals surface area contributed by atoms with Gasteiger partial charge < -0.3 is 10.1 Å². The average molecular weight is 490 g/mol. The zero-order valence-electron chi connectivity index (χ0n) is 17.7. The number of nitro benzene ring substituents is 1. The monoisotopic (exact) mass is 489 g/mol. The van der Waals surface area contributed by atoms with Crippen molar-refractivity contribution in [1.82, 2.24) is 0 Å². The Bertz CT molecular complexity index is 1300. The van der Waals surface area contributed by atoms with Gasteiger partial charge >= 0.3 is 0 Å². The van der Waals surface area contributed by atoms with E-state index in [4.69, 9.17) is 16.3 Å². The third-order valence-electron chi connectivity index (χ3n) is 4.74. The van der Waals surface area contributed by atoms with Crippen LogP contribution in [0, 0.1) is 10.1 Å². The summed E-state index contributed by atoms with van der Waals surface area (Å²) in [4.78, 5) is 23.1. The molecule has 11 heteroatoms. The molecule has 33 heavy (non-hydrogen) atoms. The molecule has 0 saturated carbocycles. The molecule has 1 N–H and O–H groups in total. The highest BCUT2D eigenvalue weighted by Crippen LogP contribution is 2.32. The lowest BCUT2D eigenvalue weighted by molar-refractivity contribution is -0.384. The van der Waals surface area contributed by atoms with E-state index in [0.717, 1.165) is 6.07 Å². The first-order valence-corrected chi connectivity index (χ1v) is 11.5. The van der Waals surface area contributed by atoms with Gasteiger partial charge in [0.2, 0.25) is 0 Å². The van der Waals surface area contributed by atoms with Gasteiger partial charge in [0.15, 0.2) is 0 Å². The molecule has 3 aromatic carbocycles. The number of carbonyl (C=O) groups is 1. The van der Waals surface area contributed by atoms with E-state index in [0.29, 0.717) is 5.69 Å². The smallest absolute Gasteiger partial charge is 0.288 e. The van der Waals surface area contributed by atoms with E-state index in [-0.39, 0.29) is 33.5 Å². The van der Waals surface area contributed by atoms with Crippen LogP contribution in [0.5, 0.6) is 5.75 Å². The molecule has 1 amide bonds. The minimum atomic E-state index is -3.96. The van der Waals surface area contributed by atoms with Crippen molar-refractivity contribution < 1.29 is 22.9 Å². The maximum absolute atomic E-state index is 13.3. The maximum atomic E-state index is 13.3. The molecule has 0 atom stereocenters. The molecular formula is C22H20ClN3O6S. The largest absolute Gasteiger partial charge is 0.495 e. The van der Waals surface area contributed by atoms with Gasteiger partial charge in [-0.25, -0.2) is 8.42 Å². The number of nitro groups is 1. The van der Waals surface area contributed by atoms with Crippen LogP contribution in [0.25, 0.3) is 0 Å². The summed E-state index contributed by atoms with van der Waals surface area (Å²) < 4.78 is 33.1. The van der Waals surface area contributed by atoms with Crippen molar-refractivity contribution in [2.75, 3.05) is 23.3 Å². The molecule has 0 radical (unpaired) electrons. The van der Waals surface area contributed by atoms with Crippen LogP contribution in [0.4, 0.5) is 17.1 Å². The Morgan fingerprint density at radius 1 is 1.12 bits per heavy atom. The predicted molar refractivity (Wildman–Crippen MR) is 126 cm³/mol. The Morgan fingerprint density at radius 3 is 2.42 bits per heavy atom. The van der Waals surface area contributed by atoms with Crippen LogP contribution >= 0.6 is 11.6 Å². The number of sulfonamides is 1. The molecule has 0 aliphatic carbocycles. The summed E-state index contributed by atoms with van der Waals surface area (Å²) >= 11 is 5.80. The van der Waals surface area contributed by atoms with E-state index < -0.39 is 26.5 Å². The molecule has 172 valence electrons. The number of methoxy groups -OCH3 is 1. The molecular weight excluding hydrogens is 470 g/mol. The number of hydrogen-bond donors (Lipinski definition) is 1. The normalized spacial score (nSPS) is 11.0. The Kier molecular flexibility index (Phi) is 7.19. The SMILES string of the molecule is CCN(c1ccccc1)S(=O)(=O)c1ccc(OC)c(NC(=O)c2ccc(Cl)c([N+](=O)[O-])c2)c1. The molecule has 0 saturated heterocycles. The van der Waals surface area contributed by atoms with E-state index in [1.54, 1.807) is 37.3 Å². The molecule has 3 aromatic rings. The van der Waals surface area contributed by atoms with Gasteiger partial charge in [-0.05, 0) is 49.4 Å². The van der Waals surface area contributed by atoms with E-state index in [9.17, 15) is 23.3 Å². The van der Waals surface area contributed by atoms with Crippen molar-refractivity contribution in [3.8, 4) is 5.75 Å². The Labute approximate surface area is 195 Å². The molecule has 3 rings (SSSR count). The van der Waals surface area contributed by atoms with Crippen molar-refractivity contribution >= 4 is 44.6 Å². The van der Waals surface area contributed by atoms with Gasteiger partial charge in [0.25, 0.3) is 21.6 Å². The van der Waals surface area contributed by atoms with Crippen LogP contribution < -0.4 is 14.4 Å². The van der Waals surface area contributed by atoms with Crippen molar-refractivity contribution in [2.45, 2.75) is 11.8 Å². The fourth-order valence-corrected chi connectivity index (χ4v) is 4.83. The van der Waals surface area contributed by atoms with Crippen LogP contribution in [-0.4, -0.2) is 32.9 Å². The van der Waals surface area contributed by atoms with Gasteiger partial charge in [-0.2, -0.15) is 0 Å². The lowest BCUT2D eigenvalue weighted by Gasteiger charge is -2.23. The maximum Gasteiger partial charge on any atom is 0.288 e. The van der Waals surface area contributed by atoms with Gasteiger partial charge in [-0.3, -0.25) is 19.2 Å². The molecule has 0 spiro atoms. The number of amides is 1. The topological polar surface area (TPSA) is 119 Å². The second kappa shape index (κ2) is 9.88. The summed E-state index contributed by atoms with van der Waals surface area (Å²) in [6.07, 6.45) is 0. The minimum Gasteiger partial charge on any atom is -0.495 e. The first-order chi connectivity index (χ1) is 15.7. The quantitative estimate of drug-likeness (QED) is 0.361. The highest BCUT2D eigenvalue weighted by Gasteiger charge is 2.25. The molecule has 0 fully saturated rings. The number of rotatable bonds is 8. The van der Waals surface area contributed by atoms with Gasteiger partial charge in [-0.15, -0.1) is 0 Å². The van der Waals surface area contributed by atoms with Crippen molar-refractivity contribution in [3.63, 3.8) is 0 Å². The summed E-state index contributed by atoms with van der Waals surface area (Å²) in [7, 11) is -2.59. The van der Waals surface area contributed by atoms with E-state index in [2.05, 4.69) is 5.32 Å². The average Bonchev–Trinajstić information content (AvgIpc) is 2.80. The van der Waals surface area contributed by atoms with Crippen LogP contribution in [0.3, 0.4) is 0 Å². The minimum absolute atomic E-state index is 0.0270. The molecule has 0 unspecified atom stereocenters. The first kappa shape index (κ1) is 24.0. The summed E-state index contributed by atoms with van der Waals surface area (Å²) in [6, 6.07) is 16.3. The number of benzene rings is 3. The number of para-hydroxylation sites is 1. The fourth-order valence-electron chi connectivity index (χ4n) is 3.15. The lowest BCUT2D eigenvalue weighted by Crippen LogP contribution is -2.30. The summed E-state index contributed by atoms with van der Waals surface area (Å²) in [6.45, 7) is 1.90. The number of halogens is 1. The number of hydrogen-bond acceptors (Lipinski definition) is 6. The van der Waals surface area contributed by atoms with E-state index in [1.165, 1.54) is 41.7 Å². The predicted octanol–water partition coefficient (Wildman–Crippen LogP) is 4.72. The highest BCUT2D eigenvalue weighted by atomic mass is 35.5. The van der Waals surface area contributed by atoms with E-state index in [1.807, 2.05) is 0 Å². The number of ether oxygens (including phenoxy) is 1. The van der Waals surface area contributed by atoms with Crippen molar-refractivity contribution in [2.24, 2.45) is 0 Å². The van der Waals surface area contributed by atoms with Gasteiger partial charge in [0, 0.05) is 18.2 Å². The number of anilines is 2. The molecule has 0 heterocycles.